The summed E-state index contributed by atoms with van der Waals surface area (Å²) in [5.74, 6) is 0.352. The molecule has 1 fully saturated rings. The summed E-state index contributed by atoms with van der Waals surface area (Å²) in [4.78, 5) is 12.2. The van der Waals surface area contributed by atoms with E-state index in [0.29, 0.717) is 18.9 Å². The molecule has 1 N–H and O–H groups in total. The lowest BCUT2D eigenvalue weighted by molar-refractivity contribution is -0.138. The number of rotatable bonds is 4. The number of hydrazone groups is 1. The lowest BCUT2D eigenvalue weighted by Gasteiger charge is -2.37. The Hall–Kier alpha value is -1.16. The van der Waals surface area contributed by atoms with Gasteiger partial charge in [-0.25, -0.2) is 5.01 Å². The summed E-state index contributed by atoms with van der Waals surface area (Å²) in [7, 11) is 0. The molecular formula is C13H20N2O2. The van der Waals surface area contributed by atoms with E-state index in [0.717, 1.165) is 25.0 Å². The third-order valence-corrected chi connectivity index (χ3v) is 3.66. The number of carbonyl (C=O) groups excluding carboxylic acids is 1. The van der Waals surface area contributed by atoms with Gasteiger partial charge in [0.25, 0.3) is 0 Å². The molecule has 1 aliphatic heterocycles. The molecular weight excluding hydrogens is 216 g/mol. The minimum Gasteiger partial charge on any atom is -0.394 e. The van der Waals surface area contributed by atoms with Crippen molar-refractivity contribution in [3.8, 4) is 0 Å². The molecule has 1 amide bonds. The van der Waals surface area contributed by atoms with E-state index in [2.05, 4.69) is 11.7 Å². The molecule has 2 rings (SSSR count). The molecule has 4 nitrogen and oxygen atoms in total. The number of β-amino-alcohol motifs (C(OH)–C–C–N with tert-alkyl or cyclic N) is 1. The van der Waals surface area contributed by atoms with Gasteiger partial charge in [0.2, 0.25) is 5.91 Å². The van der Waals surface area contributed by atoms with Crippen LogP contribution in [0.3, 0.4) is 0 Å². The molecule has 0 bridgehead atoms. The fourth-order valence-corrected chi connectivity index (χ4v) is 2.85. The average Bonchev–Trinajstić information content (AvgIpc) is 2.35. The summed E-state index contributed by atoms with van der Waals surface area (Å²) in [5.41, 5.74) is 1.15. The van der Waals surface area contributed by atoms with Gasteiger partial charge in [-0.1, -0.05) is 12.5 Å². The van der Waals surface area contributed by atoms with Crippen molar-refractivity contribution in [1.82, 2.24) is 5.01 Å². The third-order valence-electron chi connectivity index (χ3n) is 3.66. The normalized spacial score (nSPS) is 28.6. The van der Waals surface area contributed by atoms with E-state index in [-0.39, 0.29) is 18.4 Å². The van der Waals surface area contributed by atoms with Gasteiger partial charge in [0.05, 0.1) is 19.1 Å². The first-order valence-electron chi connectivity index (χ1n) is 6.38. The number of nitrogens with zero attached hydrogens (tertiary/aromatic N) is 2. The number of hydrogen-bond donors (Lipinski definition) is 1. The van der Waals surface area contributed by atoms with Crippen LogP contribution in [0, 0.1) is 11.8 Å². The van der Waals surface area contributed by atoms with Crippen LogP contribution in [-0.4, -0.2) is 34.9 Å². The number of aliphatic hydroxyl groups is 1. The van der Waals surface area contributed by atoms with Gasteiger partial charge < -0.3 is 5.11 Å². The highest BCUT2D eigenvalue weighted by Crippen LogP contribution is 2.34. The molecule has 0 aromatic heterocycles. The SMILES string of the molecule is C=CCC1C(=O)N(CCO)N=C2CCCCC21. The first-order valence-corrected chi connectivity index (χ1v) is 6.38. The monoisotopic (exact) mass is 236 g/mol. The first-order chi connectivity index (χ1) is 8.27. The summed E-state index contributed by atoms with van der Waals surface area (Å²) >= 11 is 0. The maximum absolute atomic E-state index is 12.2. The minimum absolute atomic E-state index is 0.00755. The van der Waals surface area contributed by atoms with Crippen LogP contribution in [0.5, 0.6) is 0 Å². The van der Waals surface area contributed by atoms with E-state index in [1.54, 1.807) is 0 Å². The maximum atomic E-state index is 12.2. The molecule has 0 radical (unpaired) electrons. The van der Waals surface area contributed by atoms with E-state index in [1.807, 2.05) is 6.08 Å². The summed E-state index contributed by atoms with van der Waals surface area (Å²) < 4.78 is 0. The largest absolute Gasteiger partial charge is 0.394 e. The molecule has 0 spiro atoms. The molecule has 2 aliphatic rings. The van der Waals surface area contributed by atoms with Gasteiger partial charge in [0, 0.05) is 11.6 Å². The van der Waals surface area contributed by atoms with Crippen LogP contribution < -0.4 is 0 Å². The second-order valence-electron chi connectivity index (χ2n) is 4.76. The van der Waals surface area contributed by atoms with Crippen LogP contribution in [0.1, 0.15) is 32.1 Å². The molecule has 17 heavy (non-hydrogen) atoms. The number of amides is 1. The Labute approximate surface area is 102 Å². The molecule has 94 valence electrons. The van der Waals surface area contributed by atoms with Crippen molar-refractivity contribution < 1.29 is 9.90 Å². The molecule has 0 saturated heterocycles. The van der Waals surface area contributed by atoms with E-state index < -0.39 is 0 Å². The fourth-order valence-electron chi connectivity index (χ4n) is 2.85. The molecule has 1 heterocycles. The summed E-state index contributed by atoms with van der Waals surface area (Å²) in [5, 5.41) is 14.8. The predicted molar refractivity (Wildman–Crippen MR) is 66.5 cm³/mol. The Bertz CT molecular complexity index is 338. The van der Waals surface area contributed by atoms with Gasteiger partial charge in [0.15, 0.2) is 0 Å². The van der Waals surface area contributed by atoms with Crippen LogP contribution in [0.15, 0.2) is 17.8 Å². The quantitative estimate of drug-likeness (QED) is 0.753. The van der Waals surface area contributed by atoms with Crippen molar-refractivity contribution >= 4 is 11.6 Å². The Morgan fingerprint density at radius 1 is 1.53 bits per heavy atom. The average molecular weight is 236 g/mol. The van der Waals surface area contributed by atoms with Crippen LogP contribution in [-0.2, 0) is 4.79 Å². The van der Waals surface area contributed by atoms with Crippen molar-refractivity contribution in [2.75, 3.05) is 13.2 Å². The fraction of sp³-hybridized carbons (Fsp3) is 0.692. The van der Waals surface area contributed by atoms with Crippen LogP contribution in [0.2, 0.25) is 0 Å². The number of fused-ring (bicyclic) bond motifs is 1. The molecule has 2 unspecified atom stereocenters. The molecule has 1 aliphatic carbocycles. The van der Waals surface area contributed by atoms with Gasteiger partial charge in [-0.2, -0.15) is 5.10 Å². The van der Waals surface area contributed by atoms with E-state index in [1.165, 1.54) is 11.4 Å². The number of allylic oxidation sites excluding steroid dienone is 1. The second kappa shape index (κ2) is 5.45. The molecule has 0 aromatic rings. The van der Waals surface area contributed by atoms with Crippen molar-refractivity contribution in [2.45, 2.75) is 32.1 Å². The Kier molecular flexibility index (Phi) is 3.94. The summed E-state index contributed by atoms with van der Waals surface area (Å²) in [6, 6.07) is 0. The standard InChI is InChI=1S/C13H20N2O2/c1-2-5-11-10-6-3-4-7-12(10)14-15(8-9-16)13(11)17/h2,10-11,16H,1,3-9H2. The number of carbonyl (C=O) groups is 1. The predicted octanol–water partition coefficient (Wildman–Crippen LogP) is 1.56. The zero-order valence-corrected chi connectivity index (χ0v) is 10.1. The summed E-state index contributed by atoms with van der Waals surface area (Å²) in [6.07, 6.45) is 6.94. The Morgan fingerprint density at radius 3 is 3.06 bits per heavy atom. The highest BCUT2D eigenvalue weighted by molar-refractivity contribution is 5.96. The topological polar surface area (TPSA) is 52.9 Å². The van der Waals surface area contributed by atoms with Crippen LogP contribution in [0.4, 0.5) is 0 Å². The lowest BCUT2D eigenvalue weighted by Crippen LogP contribution is -2.46. The molecule has 4 heteroatoms. The van der Waals surface area contributed by atoms with Crippen LogP contribution >= 0.6 is 0 Å². The second-order valence-corrected chi connectivity index (χ2v) is 4.76. The highest BCUT2D eigenvalue weighted by atomic mass is 16.3. The molecule has 2 atom stereocenters. The maximum Gasteiger partial charge on any atom is 0.246 e. The molecule has 0 aromatic carbocycles. The highest BCUT2D eigenvalue weighted by Gasteiger charge is 2.39. The van der Waals surface area contributed by atoms with Gasteiger partial charge in [-0.05, 0) is 25.7 Å². The lowest BCUT2D eigenvalue weighted by atomic mass is 9.75. The molecule has 1 saturated carbocycles. The summed E-state index contributed by atoms with van der Waals surface area (Å²) in [6.45, 7) is 4.01. The minimum atomic E-state index is -0.0337. The van der Waals surface area contributed by atoms with Gasteiger partial charge >= 0.3 is 0 Å². The van der Waals surface area contributed by atoms with Gasteiger partial charge in [-0.15, -0.1) is 6.58 Å². The number of aliphatic hydroxyl groups excluding tert-OH is 1. The van der Waals surface area contributed by atoms with Gasteiger partial charge in [0.1, 0.15) is 0 Å². The van der Waals surface area contributed by atoms with Gasteiger partial charge in [-0.3, -0.25) is 4.79 Å². The van der Waals surface area contributed by atoms with E-state index in [9.17, 15) is 4.79 Å². The van der Waals surface area contributed by atoms with Crippen molar-refractivity contribution in [3.05, 3.63) is 12.7 Å². The van der Waals surface area contributed by atoms with Crippen molar-refractivity contribution in [1.29, 1.82) is 0 Å². The van der Waals surface area contributed by atoms with E-state index in [4.69, 9.17) is 5.11 Å². The zero-order chi connectivity index (χ0) is 12.3. The first kappa shape index (κ1) is 12.3. The van der Waals surface area contributed by atoms with Crippen LogP contribution in [0.25, 0.3) is 0 Å². The van der Waals surface area contributed by atoms with Crippen molar-refractivity contribution in [2.24, 2.45) is 16.9 Å². The third kappa shape index (κ3) is 2.41. The Morgan fingerprint density at radius 2 is 2.35 bits per heavy atom. The van der Waals surface area contributed by atoms with E-state index >= 15 is 0 Å². The number of hydrogen-bond acceptors (Lipinski definition) is 3. The smallest absolute Gasteiger partial charge is 0.246 e. The van der Waals surface area contributed by atoms with Crippen molar-refractivity contribution in [3.63, 3.8) is 0 Å². The Balaban J connectivity index is 2.23. The zero-order valence-electron chi connectivity index (χ0n) is 10.1.